The third kappa shape index (κ3) is 11.4. The van der Waals surface area contributed by atoms with Gasteiger partial charge in [-0.1, -0.05) is 192 Å². The zero-order valence-electron chi connectivity index (χ0n) is 38.6. The van der Waals surface area contributed by atoms with E-state index in [9.17, 15) is 14.4 Å². The Balaban J connectivity index is 0.00000703. The van der Waals surface area contributed by atoms with Gasteiger partial charge in [0.2, 0.25) is 11.8 Å². The molecule has 6 aromatic carbocycles. The van der Waals surface area contributed by atoms with Gasteiger partial charge in [0.15, 0.2) is 10.8 Å². The van der Waals surface area contributed by atoms with Crippen molar-refractivity contribution in [2.45, 2.75) is 61.1 Å². The number of hydrogen-bond donors (Lipinski definition) is 3. The second kappa shape index (κ2) is 23.3. The van der Waals surface area contributed by atoms with E-state index in [0.717, 1.165) is 22.7 Å². The van der Waals surface area contributed by atoms with Gasteiger partial charge >= 0.3 is 5.97 Å². The fourth-order valence-electron chi connectivity index (χ4n) is 8.38. The summed E-state index contributed by atoms with van der Waals surface area (Å²) in [6.07, 6.45) is -1.08. The minimum atomic E-state index is -1.50. The predicted octanol–water partition coefficient (Wildman–Crippen LogP) is 8.67. The summed E-state index contributed by atoms with van der Waals surface area (Å²) in [6.45, 7) is 3.41. The Hall–Kier alpha value is -6.42. The quantitative estimate of drug-likeness (QED) is 0.00842. The van der Waals surface area contributed by atoms with Crippen LogP contribution in [0.3, 0.4) is 0 Å². The molecule has 8 rings (SSSR count). The van der Waals surface area contributed by atoms with Crippen molar-refractivity contribution in [3.05, 3.63) is 237 Å². The standard InChI is InChI=1S/C53H50N8O5SSi.Na/c1-51(2,49(64)65-33-34-68-37-52(38-21-9-3-10-22-38,39-23-11-4-12-24-39)40-25-13-5-14-26-40)66-61-67-36-44(35-45(62)56-46-47(59-60-54)57-48(46)63)55-50(67)58-53(41-27-15-6-16-28-41,42-29-17-7-18-30-42)43-31-19-8-20-32-43;/h3-32,36,46-47H,33-35,37H2,1-2H3,(H,55,58)(H,56,62)(H,57,63);/t46-,47-,67?;/m0./s1. The van der Waals surface area contributed by atoms with Crippen LogP contribution in [0.25, 0.3) is 10.4 Å². The maximum atomic E-state index is 13.8. The van der Waals surface area contributed by atoms with Crippen LogP contribution in [0.15, 0.2) is 208 Å². The third-order valence-corrected chi connectivity index (χ3v) is 14.5. The molecule has 1 unspecified atom stereocenters. The molecule has 2 heterocycles. The Kier molecular flexibility index (Phi) is 17.0. The molecule has 0 aromatic heterocycles. The first kappa shape index (κ1) is 50.5. The van der Waals surface area contributed by atoms with Gasteiger partial charge in [-0.3, -0.25) is 9.59 Å². The molecule has 3 atom stereocenters. The number of rotatable bonds is 19. The molecule has 16 heteroatoms. The van der Waals surface area contributed by atoms with Gasteiger partial charge in [-0.2, -0.15) is 0 Å². The number of nitrogens with one attached hydrogen (secondary N) is 3. The van der Waals surface area contributed by atoms with Crippen molar-refractivity contribution in [3.63, 3.8) is 0 Å². The molecular weight excluding hydrogens is 912 g/mol. The van der Waals surface area contributed by atoms with Crippen molar-refractivity contribution in [3.8, 4) is 0 Å². The smallest absolute Gasteiger partial charge is 0.340 e. The molecule has 3 N–H and O–H groups in total. The SMILES string of the molecule is CC(C)(ON=S1C=C(CC(=O)N[C@@H]2C(=O)N[C@H]2N=[N+]=[N-])NC1=NC(c1ccccc1)(c1ccccc1)c1ccccc1)C(=O)OCC[Si]CC(c1ccccc1)(c1ccccc1)c1ccccc1.[Na]. The van der Waals surface area contributed by atoms with Gasteiger partial charge < -0.3 is 20.7 Å². The van der Waals surface area contributed by atoms with Gasteiger partial charge in [0.25, 0.3) is 0 Å². The number of carbonyl (C=O) groups is 3. The van der Waals surface area contributed by atoms with Gasteiger partial charge in [-0.15, -0.1) is 0 Å². The van der Waals surface area contributed by atoms with E-state index in [4.69, 9.17) is 20.1 Å². The van der Waals surface area contributed by atoms with Crippen molar-refractivity contribution >= 4 is 72.7 Å². The molecule has 0 bridgehead atoms. The molecule has 2 aliphatic rings. The average Bonchev–Trinajstić information content (AvgIpc) is 3.76. The summed E-state index contributed by atoms with van der Waals surface area (Å²) in [5.41, 5.74) is 12.6. The number of aliphatic imine (C=N–C) groups is 1. The first-order valence-electron chi connectivity index (χ1n) is 22.2. The summed E-state index contributed by atoms with van der Waals surface area (Å²) in [6, 6.07) is 61.7. The van der Waals surface area contributed by atoms with E-state index >= 15 is 0 Å². The number of amidine groups is 1. The second-order valence-corrected chi connectivity index (χ2v) is 19.4. The molecule has 1 fully saturated rings. The number of amides is 2. The predicted molar refractivity (Wildman–Crippen MR) is 272 cm³/mol. The molecule has 2 aliphatic heterocycles. The Bertz CT molecular complexity index is 2660. The minimum absolute atomic E-state index is 0. The van der Waals surface area contributed by atoms with E-state index in [0.29, 0.717) is 26.4 Å². The molecule has 0 spiro atoms. The zero-order chi connectivity index (χ0) is 47.4. The summed E-state index contributed by atoms with van der Waals surface area (Å²) >= 11 is 0. The van der Waals surface area contributed by atoms with Crippen LogP contribution in [-0.2, 0) is 45.6 Å². The number of carbonyl (C=O) groups excluding carboxylic acids is 3. The fraction of sp³-hybridized carbons (Fsp3) is 0.208. The number of esters is 1. The fourth-order valence-corrected chi connectivity index (χ4v) is 11.2. The van der Waals surface area contributed by atoms with Crippen LogP contribution in [-0.4, -0.2) is 86.4 Å². The topological polar surface area (TPSA) is 179 Å². The summed E-state index contributed by atoms with van der Waals surface area (Å²) < 4.78 is 10.5. The van der Waals surface area contributed by atoms with E-state index in [-0.39, 0.29) is 42.6 Å². The molecule has 343 valence electrons. The van der Waals surface area contributed by atoms with Gasteiger partial charge in [-0.25, -0.2) is 14.6 Å². The van der Waals surface area contributed by atoms with Gasteiger partial charge in [0.1, 0.15) is 17.7 Å². The molecule has 1 saturated heterocycles. The van der Waals surface area contributed by atoms with Crippen molar-refractivity contribution in [1.29, 1.82) is 0 Å². The summed E-state index contributed by atoms with van der Waals surface area (Å²) in [5, 5.41) is 14.1. The van der Waals surface area contributed by atoms with Crippen LogP contribution in [0.2, 0.25) is 12.1 Å². The number of ether oxygens (including phenoxy) is 1. The van der Waals surface area contributed by atoms with Crippen LogP contribution in [0.1, 0.15) is 53.6 Å². The Morgan fingerprint density at radius 1 is 0.725 bits per heavy atom. The van der Waals surface area contributed by atoms with Crippen LogP contribution in [0.4, 0.5) is 0 Å². The van der Waals surface area contributed by atoms with Crippen LogP contribution in [0, 0.1) is 0 Å². The monoisotopic (exact) mass is 961 g/mol. The van der Waals surface area contributed by atoms with Gasteiger partial charge in [0, 0.05) is 71.2 Å². The molecule has 2 amide bonds. The zero-order valence-corrected chi connectivity index (χ0v) is 42.4. The Morgan fingerprint density at radius 2 is 1.17 bits per heavy atom. The van der Waals surface area contributed by atoms with Crippen molar-refractivity contribution < 1.29 is 24.0 Å². The molecule has 69 heavy (non-hydrogen) atoms. The summed E-state index contributed by atoms with van der Waals surface area (Å²) in [5.74, 6) is -1.53. The van der Waals surface area contributed by atoms with Crippen molar-refractivity contribution in [1.82, 2.24) is 16.0 Å². The maximum Gasteiger partial charge on any atom is 0.340 e. The largest absolute Gasteiger partial charge is 0.464 e. The molecular formula is C53H50N8NaO5SSi. The number of hydrogen-bond acceptors (Lipinski definition) is 8. The van der Waals surface area contributed by atoms with E-state index in [1.807, 2.05) is 109 Å². The normalized spacial score (nSPS) is 17.2. The van der Waals surface area contributed by atoms with Gasteiger partial charge in [-0.05, 0) is 64.8 Å². The molecule has 0 saturated carbocycles. The second-order valence-electron chi connectivity index (χ2n) is 16.7. The Labute approximate surface area is 429 Å². The first-order valence-corrected chi connectivity index (χ1v) is 24.8. The molecule has 0 aliphatic carbocycles. The van der Waals surface area contributed by atoms with E-state index in [2.05, 4.69) is 103 Å². The van der Waals surface area contributed by atoms with Gasteiger partial charge in [0.05, 0.1) is 13.0 Å². The first-order chi connectivity index (χ1) is 33.1. The van der Waals surface area contributed by atoms with E-state index < -0.39 is 57.2 Å². The molecule has 6 aromatic rings. The molecule has 13 nitrogen and oxygen atoms in total. The third-order valence-electron chi connectivity index (χ3n) is 11.8. The average molecular weight is 962 g/mol. The number of azide groups is 1. The van der Waals surface area contributed by atoms with Crippen molar-refractivity contribution in [2.24, 2.45) is 14.6 Å². The Morgan fingerprint density at radius 3 is 1.61 bits per heavy atom. The summed E-state index contributed by atoms with van der Waals surface area (Å²) in [7, 11) is -0.838. The minimum Gasteiger partial charge on any atom is -0.464 e. The van der Waals surface area contributed by atoms with E-state index in [1.165, 1.54) is 16.7 Å². The van der Waals surface area contributed by atoms with Crippen LogP contribution < -0.4 is 16.0 Å². The number of nitrogens with zero attached hydrogens (tertiary/aromatic N) is 5. The van der Waals surface area contributed by atoms with E-state index in [1.54, 1.807) is 19.3 Å². The molecule has 3 radical (unpaired) electrons. The number of β-lactam (4-membered cyclic amide) rings is 1. The van der Waals surface area contributed by atoms with Crippen LogP contribution in [0.5, 0.6) is 0 Å². The number of benzene rings is 6. The maximum absolute atomic E-state index is 13.8. The summed E-state index contributed by atoms with van der Waals surface area (Å²) in [4.78, 5) is 53.9. The van der Waals surface area contributed by atoms with Crippen molar-refractivity contribution in [2.75, 3.05) is 6.61 Å². The van der Waals surface area contributed by atoms with Crippen LogP contribution >= 0.6 is 0 Å².